The summed E-state index contributed by atoms with van der Waals surface area (Å²) in [5.41, 5.74) is 2.49. The first-order valence-corrected chi connectivity index (χ1v) is 15.8. The fraction of sp³-hybridized carbons (Fsp3) is 0.176. The second-order valence-electron chi connectivity index (χ2n) is 9.95. The molecule has 226 valence electrons. The SMILES string of the molecule is CCOC(=O)c1ncoc1CC(C)N(Cc1ccccc1)c1ccccc1NP(=O)(Oc1ccccc1)Oc1ccccc1. The summed E-state index contributed by atoms with van der Waals surface area (Å²) in [6, 6.07) is 35.1. The van der Waals surface area contributed by atoms with Crippen molar-refractivity contribution in [2.24, 2.45) is 0 Å². The quantitative estimate of drug-likeness (QED) is 0.0984. The van der Waals surface area contributed by atoms with Gasteiger partial charge in [-0.2, -0.15) is 0 Å². The average molecular weight is 612 g/mol. The second-order valence-corrected chi connectivity index (χ2v) is 11.5. The minimum Gasteiger partial charge on any atom is -0.461 e. The van der Waals surface area contributed by atoms with Gasteiger partial charge in [-0.05, 0) is 55.8 Å². The Morgan fingerprint density at radius 3 is 2.05 bits per heavy atom. The lowest BCUT2D eigenvalue weighted by Gasteiger charge is -2.33. The fourth-order valence-corrected chi connectivity index (χ4v) is 6.10. The Labute approximate surface area is 257 Å². The zero-order valence-electron chi connectivity index (χ0n) is 24.5. The van der Waals surface area contributed by atoms with E-state index in [4.69, 9.17) is 18.2 Å². The molecule has 0 saturated carbocycles. The van der Waals surface area contributed by atoms with Crippen molar-refractivity contribution in [2.75, 3.05) is 16.6 Å². The Morgan fingerprint density at radius 2 is 1.43 bits per heavy atom. The first-order valence-electron chi connectivity index (χ1n) is 14.3. The molecule has 0 amide bonds. The molecule has 10 heteroatoms. The highest BCUT2D eigenvalue weighted by atomic mass is 31.2. The van der Waals surface area contributed by atoms with E-state index in [9.17, 15) is 9.36 Å². The Morgan fingerprint density at radius 1 is 0.864 bits per heavy atom. The highest BCUT2D eigenvalue weighted by Crippen LogP contribution is 2.50. The summed E-state index contributed by atoms with van der Waals surface area (Å²) in [4.78, 5) is 18.8. The van der Waals surface area contributed by atoms with Gasteiger partial charge in [-0.15, -0.1) is 0 Å². The molecule has 0 spiro atoms. The van der Waals surface area contributed by atoms with Gasteiger partial charge in [-0.1, -0.05) is 78.9 Å². The van der Waals surface area contributed by atoms with Crippen LogP contribution in [0.1, 0.15) is 35.7 Å². The van der Waals surface area contributed by atoms with Crippen molar-refractivity contribution in [1.29, 1.82) is 0 Å². The van der Waals surface area contributed by atoms with E-state index in [1.807, 2.05) is 73.7 Å². The maximum absolute atomic E-state index is 14.4. The Balaban J connectivity index is 1.50. The highest BCUT2D eigenvalue weighted by Gasteiger charge is 2.32. The van der Waals surface area contributed by atoms with Crippen molar-refractivity contribution >= 4 is 25.1 Å². The molecule has 0 aliphatic rings. The lowest BCUT2D eigenvalue weighted by molar-refractivity contribution is 0.0517. The zero-order chi connectivity index (χ0) is 30.8. The molecule has 4 aromatic carbocycles. The summed E-state index contributed by atoms with van der Waals surface area (Å²) in [5.74, 6) is 0.674. The smallest absolute Gasteiger partial charge is 0.461 e. The normalized spacial score (nSPS) is 11.8. The predicted octanol–water partition coefficient (Wildman–Crippen LogP) is 8.17. The minimum atomic E-state index is -4.02. The number of nitrogens with zero attached hydrogens (tertiary/aromatic N) is 2. The molecular weight excluding hydrogens is 577 g/mol. The Hall–Kier alpha value is -5.01. The number of carbonyl (C=O) groups excluding carboxylic acids is 1. The maximum atomic E-state index is 14.4. The van der Waals surface area contributed by atoms with Crippen LogP contribution in [0.4, 0.5) is 11.4 Å². The number of anilines is 2. The van der Waals surface area contributed by atoms with Crippen molar-refractivity contribution in [3.05, 3.63) is 139 Å². The molecule has 5 aromatic rings. The molecule has 0 aliphatic carbocycles. The molecule has 0 radical (unpaired) electrons. The van der Waals surface area contributed by atoms with Crippen LogP contribution >= 0.6 is 7.75 Å². The monoisotopic (exact) mass is 611 g/mol. The molecule has 1 heterocycles. The van der Waals surface area contributed by atoms with Crippen LogP contribution in [0.5, 0.6) is 11.5 Å². The molecule has 1 N–H and O–H groups in total. The largest absolute Gasteiger partial charge is 0.541 e. The van der Waals surface area contributed by atoms with Crippen LogP contribution in [-0.2, 0) is 22.3 Å². The van der Waals surface area contributed by atoms with Gasteiger partial charge in [0.25, 0.3) is 0 Å². The summed E-state index contributed by atoms with van der Waals surface area (Å²) in [5, 5.41) is 3.11. The van der Waals surface area contributed by atoms with Gasteiger partial charge in [-0.3, -0.25) is 5.09 Å². The highest BCUT2D eigenvalue weighted by molar-refractivity contribution is 7.56. The van der Waals surface area contributed by atoms with Gasteiger partial charge in [0.1, 0.15) is 17.3 Å². The van der Waals surface area contributed by atoms with E-state index in [0.29, 0.717) is 35.9 Å². The van der Waals surface area contributed by atoms with Crippen LogP contribution < -0.4 is 19.0 Å². The molecule has 5 rings (SSSR count). The van der Waals surface area contributed by atoms with Gasteiger partial charge in [0.2, 0.25) is 0 Å². The molecular formula is C34H34N3O6P. The zero-order valence-corrected chi connectivity index (χ0v) is 25.4. The topological polar surface area (TPSA) is 103 Å². The molecule has 0 aliphatic heterocycles. The van der Waals surface area contributed by atoms with Crippen LogP contribution in [0.3, 0.4) is 0 Å². The molecule has 1 unspecified atom stereocenters. The van der Waals surface area contributed by atoms with Gasteiger partial charge >= 0.3 is 13.7 Å². The van der Waals surface area contributed by atoms with Gasteiger partial charge < -0.3 is 23.1 Å². The average Bonchev–Trinajstić information content (AvgIpc) is 3.50. The molecule has 0 fully saturated rings. The van der Waals surface area contributed by atoms with Crippen molar-refractivity contribution < 1.29 is 27.6 Å². The molecule has 1 atom stereocenters. The number of rotatable bonds is 14. The Kier molecular flexibility index (Phi) is 10.00. The summed E-state index contributed by atoms with van der Waals surface area (Å²) >= 11 is 0. The van der Waals surface area contributed by atoms with Crippen molar-refractivity contribution in [1.82, 2.24) is 4.98 Å². The number of para-hydroxylation sites is 4. The molecule has 0 bridgehead atoms. The third-order valence-electron chi connectivity index (χ3n) is 6.73. The van der Waals surface area contributed by atoms with Crippen LogP contribution in [0.2, 0.25) is 0 Å². The summed E-state index contributed by atoms with van der Waals surface area (Å²) < 4.78 is 37.2. The van der Waals surface area contributed by atoms with Crippen molar-refractivity contribution in [3.8, 4) is 11.5 Å². The third kappa shape index (κ3) is 7.88. The summed E-state index contributed by atoms with van der Waals surface area (Å²) in [6.07, 6.45) is 1.61. The molecule has 0 saturated heterocycles. The minimum absolute atomic E-state index is 0.154. The lowest BCUT2D eigenvalue weighted by atomic mass is 10.1. The number of benzene rings is 4. The number of hydrogen-bond acceptors (Lipinski definition) is 8. The number of nitrogens with one attached hydrogen (secondary N) is 1. The van der Waals surface area contributed by atoms with E-state index in [0.717, 1.165) is 11.3 Å². The number of hydrogen-bond donors (Lipinski definition) is 1. The number of carbonyl (C=O) groups is 1. The van der Waals surface area contributed by atoms with Gasteiger partial charge in [0.05, 0.1) is 18.0 Å². The first-order chi connectivity index (χ1) is 21.4. The van der Waals surface area contributed by atoms with E-state index in [2.05, 4.69) is 15.0 Å². The van der Waals surface area contributed by atoms with Crippen molar-refractivity contribution in [2.45, 2.75) is 32.9 Å². The van der Waals surface area contributed by atoms with E-state index < -0.39 is 13.7 Å². The molecule has 1 aromatic heterocycles. The fourth-order valence-electron chi connectivity index (χ4n) is 4.69. The predicted molar refractivity (Wildman–Crippen MR) is 170 cm³/mol. The van der Waals surface area contributed by atoms with Crippen LogP contribution in [-0.4, -0.2) is 23.6 Å². The standard InChI is InChI=1S/C34H34N3O6P/c1-3-40-34(38)33-32(41-25-35-33)23-26(2)37(24-27-15-7-4-8-16-27)31-22-14-13-21-30(31)36-44(39,42-28-17-9-5-10-18-28)43-29-19-11-6-12-20-29/h4-22,25-26H,3,23-24H2,1-2H3,(H,36,39). The number of ether oxygens (including phenoxy) is 1. The van der Waals surface area contributed by atoms with E-state index in [-0.39, 0.29) is 18.3 Å². The van der Waals surface area contributed by atoms with Gasteiger partial charge in [-0.25, -0.2) is 14.3 Å². The van der Waals surface area contributed by atoms with Crippen molar-refractivity contribution in [3.63, 3.8) is 0 Å². The van der Waals surface area contributed by atoms with Gasteiger partial charge in [0, 0.05) is 19.0 Å². The Bertz CT molecular complexity index is 1640. The first kappa shape index (κ1) is 30.4. The number of aromatic nitrogens is 1. The lowest BCUT2D eigenvalue weighted by Crippen LogP contribution is -2.35. The van der Waals surface area contributed by atoms with Crippen LogP contribution in [0.15, 0.2) is 126 Å². The van der Waals surface area contributed by atoms with E-state index >= 15 is 0 Å². The maximum Gasteiger partial charge on any atom is 0.541 e. The third-order valence-corrected chi connectivity index (χ3v) is 8.14. The van der Waals surface area contributed by atoms with Gasteiger partial charge in [0.15, 0.2) is 12.1 Å². The molecule has 44 heavy (non-hydrogen) atoms. The van der Waals surface area contributed by atoms with E-state index in [1.54, 1.807) is 55.5 Å². The van der Waals surface area contributed by atoms with Crippen LogP contribution in [0, 0.1) is 0 Å². The summed E-state index contributed by atoms with van der Waals surface area (Å²) in [6.45, 7) is 4.51. The number of oxazole rings is 1. The second kappa shape index (κ2) is 14.4. The molecule has 9 nitrogen and oxygen atoms in total. The summed E-state index contributed by atoms with van der Waals surface area (Å²) in [7, 11) is -4.02. The number of esters is 1. The van der Waals surface area contributed by atoms with E-state index in [1.165, 1.54) is 6.39 Å². The van der Waals surface area contributed by atoms with Crippen LogP contribution in [0.25, 0.3) is 0 Å².